The molecule has 3 aromatic carbocycles. The molecule has 1 aliphatic heterocycles. The Hall–Kier alpha value is -3.00. The zero-order valence-electron chi connectivity index (χ0n) is 17.9. The van der Waals surface area contributed by atoms with Gasteiger partial charge in [-0.25, -0.2) is 4.39 Å². The quantitative estimate of drug-likeness (QED) is 0.317. The first-order valence-electron chi connectivity index (χ1n) is 10.1. The first-order chi connectivity index (χ1) is 16.4. The van der Waals surface area contributed by atoms with Crippen molar-refractivity contribution >= 4 is 52.2 Å². The van der Waals surface area contributed by atoms with Gasteiger partial charge in [-0.3, -0.25) is 14.5 Å². The van der Waals surface area contributed by atoms with E-state index in [4.69, 9.17) is 32.7 Å². The Labute approximate surface area is 210 Å². The lowest BCUT2D eigenvalue weighted by Crippen LogP contribution is -2.27. The Morgan fingerprint density at radius 1 is 1.03 bits per heavy atom. The monoisotopic (exact) mass is 517 g/mol. The first-order valence-corrected chi connectivity index (χ1v) is 11.7. The van der Waals surface area contributed by atoms with Crippen molar-refractivity contribution in [2.75, 3.05) is 7.11 Å². The molecule has 34 heavy (non-hydrogen) atoms. The molecule has 5 nitrogen and oxygen atoms in total. The lowest BCUT2D eigenvalue weighted by atomic mass is 10.1. The maximum Gasteiger partial charge on any atom is 0.293 e. The number of nitrogens with zero attached hydrogens (tertiary/aromatic N) is 1. The molecule has 9 heteroatoms. The van der Waals surface area contributed by atoms with Gasteiger partial charge in [0.15, 0.2) is 11.5 Å². The molecule has 0 N–H and O–H groups in total. The van der Waals surface area contributed by atoms with Gasteiger partial charge in [0.1, 0.15) is 12.4 Å². The predicted molar refractivity (Wildman–Crippen MR) is 132 cm³/mol. The van der Waals surface area contributed by atoms with Gasteiger partial charge in [0.05, 0.1) is 23.6 Å². The number of methoxy groups -OCH3 is 1. The molecule has 0 atom stereocenters. The van der Waals surface area contributed by atoms with Crippen molar-refractivity contribution in [3.63, 3.8) is 0 Å². The summed E-state index contributed by atoms with van der Waals surface area (Å²) < 4.78 is 25.2. The molecule has 1 aliphatic rings. The molecule has 0 aliphatic carbocycles. The van der Waals surface area contributed by atoms with Crippen molar-refractivity contribution in [1.82, 2.24) is 4.90 Å². The number of imide groups is 1. The van der Waals surface area contributed by atoms with E-state index in [0.29, 0.717) is 22.1 Å². The van der Waals surface area contributed by atoms with Gasteiger partial charge in [-0.15, -0.1) is 0 Å². The zero-order valence-corrected chi connectivity index (χ0v) is 20.2. The van der Waals surface area contributed by atoms with E-state index in [2.05, 4.69) is 0 Å². The lowest BCUT2D eigenvalue weighted by Gasteiger charge is -2.13. The van der Waals surface area contributed by atoms with Crippen LogP contribution in [0.2, 0.25) is 10.0 Å². The summed E-state index contributed by atoms with van der Waals surface area (Å²) in [5.74, 6) is -0.102. The molecule has 174 valence electrons. The highest BCUT2D eigenvalue weighted by atomic mass is 35.5. The third kappa shape index (κ3) is 5.38. The summed E-state index contributed by atoms with van der Waals surface area (Å²) in [4.78, 5) is 26.8. The van der Waals surface area contributed by atoms with E-state index in [9.17, 15) is 14.0 Å². The minimum absolute atomic E-state index is 0.110. The van der Waals surface area contributed by atoms with Crippen molar-refractivity contribution in [3.8, 4) is 11.5 Å². The van der Waals surface area contributed by atoms with Gasteiger partial charge >= 0.3 is 0 Å². The van der Waals surface area contributed by atoms with E-state index in [-0.39, 0.29) is 33.9 Å². The molecule has 1 heterocycles. The third-order valence-corrected chi connectivity index (χ3v) is 6.52. The molecule has 1 fully saturated rings. The van der Waals surface area contributed by atoms with Gasteiger partial charge in [0.25, 0.3) is 11.1 Å². The van der Waals surface area contributed by atoms with Crippen LogP contribution in [0.15, 0.2) is 65.6 Å². The largest absolute Gasteiger partial charge is 0.493 e. The molecule has 0 spiro atoms. The summed E-state index contributed by atoms with van der Waals surface area (Å²) >= 11 is 12.9. The van der Waals surface area contributed by atoms with Gasteiger partial charge in [0, 0.05) is 10.6 Å². The maximum absolute atomic E-state index is 14.1. The fraction of sp³-hybridized carbons (Fsp3) is 0.120. The van der Waals surface area contributed by atoms with Crippen molar-refractivity contribution < 1.29 is 23.5 Å². The Bertz CT molecular complexity index is 1280. The van der Waals surface area contributed by atoms with E-state index < -0.39 is 11.7 Å². The average Bonchev–Trinajstić information content (AvgIpc) is 3.06. The number of carbonyl (C=O) groups is 2. The molecular weight excluding hydrogens is 500 g/mol. The number of thioether (sulfide) groups is 1. The van der Waals surface area contributed by atoms with Gasteiger partial charge in [-0.05, 0) is 65.4 Å². The third-order valence-electron chi connectivity index (χ3n) is 5.02. The highest BCUT2D eigenvalue weighted by molar-refractivity contribution is 8.18. The van der Waals surface area contributed by atoms with E-state index in [1.165, 1.54) is 24.1 Å². The van der Waals surface area contributed by atoms with Gasteiger partial charge in [-0.1, -0.05) is 47.5 Å². The van der Waals surface area contributed by atoms with Crippen LogP contribution in [0, 0.1) is 5.82 Å². The van der Waals surface area contributed by atoms with Crippen LogP contribution in [-0.2, 0) is 17.9 Å². The zero-order chi connectivity index (χ0) is 24.2. The molecule has 0 saturated carbocycles. The second kappa shape index (κ2) is 10.5. The molecule has 3 aromatic rings. The molecule has 0 unspecified atom stereocenters. The lowest BCUT2D eigenvalue weighted by molar-refractivity contribution is -0.123. The van der Waals surface area contributed by atoms with Crippen LogP contribution in [-0.4, -0.2) is 23.2 Å². The molecule has 4 rings (SSSR count). The fourth-order valence-corrected chi connectivity index (χ4v) is 4.59. The second-order valence-electron chi connectivity index (χ2n) is 7.30. The Morgan fingerprint density at radius 3 is 2.56 bits per heavy atom. The normalized spacial score (nSPS) is 14.7. The SMILES string of the molecule is COc1ccc(/C=C2\SC(=O)N(Cc3cccc(Cl)c3)C2=O)cc1OCc1c(F)cccc1Cl. The van der Waals surface area contributed by atoms with Crippen LogP contribution in [0.1, 0.15) is 16.7 Å². The molecule has 1 saturated heterocycles. The minimum Gasteiger partial charge on any atom is -0.493 e. The minimum atomic E-state index is -0.476. The fourth-order valence-electron chi connectivity index (χ4n) is 3.32. The van der Waals surface area contributed by atoms with Crippen LogP contribution in [0.5, 0.6) is 11.5 Å². The number of halogens is 3. The second-order valence-corrected chi connectivity index (χ2v) is 9.13. The average molecular weight is 518 g/mol. The number of ether oxygens (including phenoxy) is 2. The van der Waals surface area contributed by atoms with Crippen LogP contribution >= 0.6 is 35.0 Å². The van der Waals surface area contributed by atoms with E-state index in [0.717, 1.165) is 17.3 Å². The number of hydrogen-bond donors (Lipinski definition) is 0. The van der Waals surface area contributed by atoms with E-state index in [1.54, 1.807) is 54.6 Å². The summed E-state index contributed by atoms with van der Waals surface area (Å²) in [5, 5.41) is 0.418. The smallest absolute Gasteiger partial charge is 0.293 e. The van der Waals surface area contributed by atoms with Gasteiger partial charge < -0.3 is 9.47 Å². The summed E-state index contributed by atoms with van der Waals surface area (Å²) in [6, 6.07) is 16.4. The van der Waals surface area contributed by atoms with E-state index >= 15 is 0 Å². The number of amides is 2. The highest BCUT2D eigenvalue weighted by Crippen LogP contribution is 2.36. The highest BCUT2D eigenvalue weighted by Gasteiger charge is 2.35. The number of carbonyl (C=O) groups excluding carboxylic acids is 2. The topological polar surface area (TPSA) is 55.8 Å². The summed E-state index contributed by atoms with van der Waals surface area (Å²) in [6.07, 6.45) is 1.60. The van der Waals surface area contributed by atoms with Gasteiger partial charge in [-0.2, -0.15) is 0 Å². The van der Waals surface area contributed by atoms with Gasteiger partial charge in [0.2, 0.25) is 0 Å². The van der Waals surface area contributed by atoms with Crippen LogP contribution in [0.25, 0.3) is 6.08 Å². The summed E-state index contributed by atoms with van der Waals surface area (Å²) in [6.45, 7) is 0.0183. The number of hydrogen-bond acceptors (Lipinski definition) is 5. The maximum atomic E-state index is 14.1. The summed E-state index contributed by atoms with van der Waals surface area (Å²) in [7, 11) is 1.49. The molecule has 2 amide bonds. The van der Waals surface area contributed by atoms with Crippen molar-refractivity contribution in [2.24, 2.45) is 0 Å². The van der Waals surface area contributed by atoms with Crippen molar-refractivity contribution in [1.29, 1.82) is 0 Å². The van der Waals surface area contributed by atoms with Crippen LogP contribution < -0.4 is 9.47 Å². The first kappa shape index (κ1) is 24.1. The Morgan fingerprint density at radius 2 is 1.82 bits per heavy atom. The van der Waals surface area contributed by atoms with Crippen LogP contribution in [0.4, 0.5) is 9.18 Å². The Kier molecular flexibility index (Phi) is 7.46. The van der Waals surface area contributed by atoms with Crippen molar-refractivity contribution in [3.05, 3.63) is 98.1 Å². The number of rotatable bonds is 7. The predicted octanol–water partition coefficient (Wildman–Crippen LogP) is 6.96. The van der Waals surface area contributed by atoms with Crippen LogP contribution in [0.3, 0.4) is 0 Å². The van der Waals surface area contributed by atoms with Crippen molar-refractivity contribution in [2.45, 2.75) is 13.2 Å². The standard InChI is InChI=1S/C25H18Cl2FNO4S/c1-32-21-9-8-15(11-22(21)33-14-18-19(27)6-3-7-20(18)28)12-23-24(30)29(25(31)34-23)13-16-4-2-5-17(26)10-16/h2-12H,13-14H2,1H3/b23-12-. The van der Waals surface area contributed by atoms with E-state index in [1.807, 2.05) is 0 Å². The molecule has 0 bridgehead atoms. The number of benzene rings is 3. The Balaban J connectivity index is 1.54. The molecule has 0 aromatic heterocycles. The summed E-state index contributed by atoms with van der Waals surface area (Å²) in [5.41, 5.74) is 1.59. The molecular formula is C25H18Cl2FNO4S. The molecule has 0 radical (unpaired) electrons.